The van der Waals surface area contributed by atoms with Crippen LogP contribution in [0.15, 0.2) is 0 Å². The highest BCUT2D eigenvalue weighted by Gasteiger charge is 2.48. The van der Waals surface area contributed by atoms with Gasteiger partial charge in [-0.25, -0.2) is 4.31 Å². The Morgan fingerprint density at radius 1 is 1.07 bits per heavy atom. The van der Waals surface area contributed by atoms with Crippen LogP contribution in [-0.2, 0) is 9.71 Å². The van der Waals surface area contributed by atoms with Gasteiger partial charge in [-0.3, -0.25) is 4.21 Å². The predicted octanol–water partition coefficient (Wildman–Crippen LogP) is 1.51. The van der Waals surface area contributed by atoms with Gasteiger partial charge in [-0.1, -0.05) is 0 Å². The van der Waals surface area contributed by atoms with Crippen LogP contribution in [0.4, 0.5) is 0 Å². The lowest BCUT2D eigenvalue weighted by Gasteiger charge is -2.56. The average Bonchev–Trinajstić information content (AvgIpc) is 1.97. The third kappa shape index (κ3) is 1.25. The zero-order chi connectivity index (χ0) is 9.92. The van der Waals surface area contributed by atoms with Crippen molar-refractivity contribution in [3.63, 3.8) is 0 Å². The molecule has 0 spiro atoms. The van der Waals surface area contributed by atoms with E-state index in [0.717, 1.165) is 11.8 Å². The molecular weight excluding hydrogens is 194 g/mol. The maximum Gasteiger partial charge on any atom is 0.0250 e. The molecule has 4 bridgehead atoms. The third-order valence-electron chi connectivity index (χ3n) is 4.25. The summed E-state index contributed by atoms with van der Waals surface area (Å²) in [6.07, 6.45) is 8.40. The lowest BCUT2D eigenvalue weighted by molar-refractivity contribution is -0.00410. The molecule has 4 fully saturated rings. The fraction of sp³-hybridized carbons (Fsp3) is 0.909. The van der Waals surface area contributed by atoms with Crippen molar-refractivity contribution >= 4 is 15.6 Å². The first-order chi connectivity index (χ1) is 6.54. The van der Waals surface area contributed by atoms with Gasteiger partial charge in [-0.15, -0.1) is 0 Å². The Kier molecular flexibility index (Phi) is 1.82. The quantitative estimate of drug-likeness (QED) is 0.605. The smallest absolute Gasteiger partial charge is 0.0250 e. The maximum atomic E-state index is 12.1. The van der Waals surface area contributed by atoms with Gasteiger partial charge in [-0.05, 0) is 49.8 Å². The van der Waals surface area contributed by atoms with E-state index in [9.17, 15) is 4.21 Å². The Bertz CT molecular complexity index is 318. The average molecular weight is 213 g/mol. The molecule has 4 rings (SSSR count). The zero-order valence-electron chi connectivity index (χ0n) is 8.82. The van der Waals surface area contributed by atoms with Crippen molar-refractivity contribution in [2.24, 2.45) is 11.8 Å². The predicted molar refractivity (Wildman–Crippen MR) is 60.7 cm³/mol. The highest BCUT2D eigenvalue weighted by molar-refractivity contribution is 7.97. The van der Waals surface area contributed by atoms with Crippen LogP contribution in [0.3, 0.4) is 0 Å². The van der Waals surface area contributed by atoms with E-state index in [-0.39, 0.29) is 0 Å². The summed E-state index contributed by atoms with van der Waals surface area (Å²) in [5.41, 5.74) is 0. The second-order valence-electron chi connectivity index (χ2n) is 5.54. The maximum absolute atomic E-state index is 12.1. The molecule has 80 valence electrons. The van der Waals surface area contributed by atoms with Gasteiger partial charge in [0.1, 0.15) is 0 Å². The van der Waals surface area contributed by atoms with Crippen LogP contribution in [0.1, 0.15) is 32.1 Å². The van der Waals surface area contributed by atoms with Crippen molar-refractivity contribution in [1.29, 1.82) is 0 Å². The summed E-state index contributed by atoms with van der Waals surface area (Å²) in [7, 11) is -1.95. The molecule has 2 aliphatic heterocycles. The minimum absolute atomic E-state index is 0.598. The van der Waals surface area contributed by atoms with Crippen LogP contribution < -0.4 is 0 Å². The molecule has 14 heavy (non-hydrogen) atoms. The SMILES string of the molecule is C=S(C)(=O)N1C2CC3CC(C2)CC1C3. The molecule has 0 radical (unpaired) electrons. The van der Waals surface area contributed by atoms with Crippen molar-refractivity contribution in [3.05, 3.63) is 0 Å². The highest BCUT2D eigenvalue weighted by atomic mass is 32.2. The first-order valence-corrected chi connectivity index (χ1v) is 7.74. The Labute approximate surface area is 86.8 Å². The van der Waals surface area contributed by atoms with Crippen molar-refractivity contribution in [3.8, 4) is 0 Å². The Hall–Kier alpha value is -0.0200. The van der Waals surface area contributed by atoms with Gasteiger partial charge in [-0.2, -0.15) is 0 Å². The Balaban J connectivity index is 1.95. The Morgan fingerprint density at radius 2 is 1.50 bits per heavy atom. The molecule has 0 aromatic rings. The fourth-order valence-corrected chi connectivity index (χ4v) is 5.73. The summed E-state index contributed by atoms with van der Waals surface area (Å²) in [6, 6.07) is 1.20. The Morgan fingerprint density at radius 3 is 1.86 bits per heavy atom. The molecule has 2 saturated heterocycles. The third-order valence-corrected chi connectivity index (χ3v) is 5.74. The van der Waals surface area contributed by atoms with Gasteiger partial charge in [0.15, 0.2) is 0 Å². The molecule has 0 aromatic heterocycles. The van der Waals surface area contributed by atoms with Crippen molar-refractivity contribution < 1.29 is 4.21 Å². The van der Waals surface area contributed by atoms with Crippen LogP contribution in [0, 0.1) is 11.8 Å². The number of hydrogen-bond donors (Lipinski definition) is 0. The van der Waals surface area contributed by atoms with Crippen molar-refractivity contribution in [2.75, 3.05) is 6.26 Å². The summed E-state index contributed by atoms with van der Waals surface area (Å²) in [5.74, 6) is 5.75. The standard InChI is InChI=1S/C11H19NOS/c1-14(2,13)12-10-4-8-3-9(6-10)7-11(12)5-8/h8-11H,1,3-7H2,2H3. The topological polar surface area (TPSA) is 20.3 Å². The van der Waals surface area contributed by atoms with Crippen LogP contribution in [-0.4, -0.2) is 32.7 Å². The van der Waals surface area contributed by atoms with Crippen molar-refractivity contribution in [2.45, 2.75) is 44.2 Å². The summed E-state index contributed by atoms with van der Waals surface area (Å²) >= 11 is 0. The van der Waals surface area contributed by atoms with Gasteiger partial charge >= 0.3 is 0 Å². The monoisotopic (exact) mass is 213 g/mol. The number of rotatable bonds is 1. The van der Waals surface area contributed by atoms with Crippen LogP contribution >= 0.6 is 0 Å². The molecule has 1 atom stereocenters. The van der Waals surface area contributed by atoms with E-state index in [1.807, 2.05) is 6.26 Å². The van der Waals surface area contributed by atoms with Crippen LogP contribution in [0.5, 0.6) is 0 Å². The highest BCUT2D eigenvalue weighted by Crippen LogP contribution is 2.49. The van der Waals surface area contributed by atoms with Crippen molar-refractivity contribution in [1.82, 2.24) is 4.31 Å². The summed E-state index contributed by atoms with van der Waals surface area (Å²) in [4.78, 5) is 0. The lowest BCUT2D eigenvalue weighted by Crippen LogP contribution is -2.59. The molecular formula is C11H19NOS. The first-order valence-electron chi connectivity index (χ1n) is 5.65. The fourth-order valence-electron chi connectivity index (χ4n) is 4.12. The molecule has 3 heteroatoms. The van der Waals surface area contributed by atoms with Gasteiger partial charge in [0.05, 0.1) is 0 Å². The van der Waals surface area contributed by atoms with Gasteiger partial charge in [0.2, 0.25) is 0 Å². The number of piperidine rings is 2. The minimum Gasteiger partial charge on any atom is -0.253 e. The molecule has 0 N–H and O–H groups in total. The second kappa shape index (κ2) is 2.76. The van der Waals surface area contributed by atoms with E-state index in [0.29, 0.717) is 12.1 Å². The molecule has 1 unspecified atom stereocenters. The normalized spacial score (nSPS) is 50.6. The van der Waals surface area contributed by atoms with Gasteiger partial charge in [0, 0.05) is 28.0 Å². The van der Waals surface area contributed by atoms with E-state index in [4.69, 9.17) is 0 Å². The van der Waals surface area contributed by atoms with E-state index in [1.54, 1.807) is 0 Å². The van der Waals surface area contributed by atoms with Crippen LogP contribution in [0.25, 0.3) is 0 Å². The summed E-state index contributed by atoms with van der Waals surface area (Å²) < 4.78 is 14.4. The minimum atomic E-state index is -1.95. The first kappa shape index (κ1) is 9.22. The van der Waals surface area contributed by atoms with E-state index in [2.05, 4.69) is 10.2 Å². The molecule has 4 aliphatic rings. The number of hydrogen-bond acceptors (Lipinski definition) is 1. The zero-order valence-corrected chi connectivity index (χ0v) is 9.63. The van der Waals surface area contributed by atoms with E-state index < -0.39 is 9.71 Å². The molecule has 0 amide bonds. The van der Waals surface area contributed by atoms with Crippen LogP contribution in [0.2, 0.25) is 0 Å². The van der Waals surface area contributed by atoms with Gasteiger partial charge in [0.25, 0.3) is 0 Å². The largest absolute Gasteiger partial charge is 0.253 e. The molecule has 2 aliphatic carbocycles. The summed E-state index contributed by atoms with van der Waals surface area (Å²) in [6.45, 7) is 0. The second-order valence-corrected chi connectivity index (χ2v) is 7.88. The molecule has 2 nitrogen and oxygen atoms in total. The number of nitrogens with zero attached hydrogens (tertiary/aromatic N) is 1. The van der Waals surface area contributed by atoms with Gasteiger partial charge < -0.3 is 0 Å². The van der Waals surface area contributed by atoms with E-state index >= 15 is 0 Å². The summed E-state index contributed by atoms with van der Waals surface area (Å²) in [5, 5.41) is 0. The molecule has 0 aromatic carbocycles. The molecule has 2 heterocycles. The van der Waals surface area contributed by atoms with E-state index in [1.165, 1.54) is 32.1 Å². The molecule has 2 saturated carbocycles. The lowest BCUT2D eigenvalue weighted by atomic mass is 9.65.